The minimum Gasteiger partial charge on any atom is -0.496 e. The first-order valence-electron chi connectivity index (χ1n) is 12.0. The second-order valence-electron chi connectivity index (χ2n) is 10.8. The standard InChI is InChI=1S/C29H36N2O2/c1-19-17-28(2,3)30-21-14-13-20-25-22(32-6)11-10-12-23(25)33-27(26(20)24(19)21)29(18-31(4)5)15-8-7-9-16-29/h7-8,10-14,17,27,30H,9,15-16,18H2,1-6H3. The van der Waals surface area contributed by atoms with Gasteiger partial charge in [0.2, 0.25) is 0 Å². The van der Waals surface area contributed by atoms with Crippen LogP contribution in [0, 0.1) is 5.41 Å². The molecule has 0 fully saturated rings. The van der Waals surface area contributed by atoms with Gasteiger partial charge in [0.25, 0.3) is 0 Å². The molecule has 2 aliphatic heterocycles. The van der Waals surface area contributed by atoms with Gasteiger partial charge in [0.15, 0.2) is 0 Å². The van der Waals surface area contributed by atoms with E-state index in [4.69, 9.17) is 9.47 Å². The van der Waals surface area contributed by atoms with E-state index in [0.717, 1.165) is 42.9 Å². The highest BCUT2D eigenvalue weighted by Gasteiger charge is 2.47. The van der Waals surface area contributed by atoms with Gasteiger partial charge < -0.3 is 19.7 Å². The Balaban J connectivity index is 1.80. The molecular weight excluding hydrogens is 408 g/mol. The molecule has 0 bridgehead atoms. The van der Waals surface area contributed by atoms with Gasteiger partial charge in [-0.15, -0.1) is 0 Å². The molecule has 33 heavy (non-hydrogen) atoms. The van der Waals surface area contributed by atoms with Gasteiger partial charge in [-0.05, 0) is 83.5 Å². The van der Waals surface area contributed by atoms with Crippen LogP contribution in [0.2, 0.25) is 0 Å². The number of fused-ring (bicyclic) bond motifs is 5. The van der Waals surface area contributed by atoms with Gasteiger partial charge in [-0.2, -0.15) is 0 Å². The molecule has 0 spiro atoms. The van der Waals surface area contributed by atoms with Crippen LogP contribution in [0.25, 0.3) is 16.7 Å². The van der Waals surface area contributed by atoms with Crippen molar-refractivity contribution in [1.82, 2.24) is 4.90 Å². The monoisotopic (exact) mass is 444 g/mol. The number of hydrogen-bond acceptors (Lipinski definition) is 4. The van der Waals surface area contributed by atoms with Crippen molar-refractivity contribution in [3.05, 3.63) is 59.7 Å². The smallest absolute Gasteiger partial charge is 0.132 e. The van der Waals surface area contributed by atoms with Crippen LogP contribution >= 0.6 is 0 Å². The van der Waals surface area contributed by atoms with Crippen LogP contribution in [0.1, 0.15) is 57.3 Å². The minimum atomic E-state index is -0.0825. The van der Waals surface area contributed by atoms with Crippen LogP contribution in [-0.2, 0) is 0 Å². The molecule has 0 radical (unpaired) electrons. The average molecular weight is 445 g/mol. The number of rotatable bonds is 4. The van der Waals surface area contributed by atoms with Crippen LogP contribution in [0.5, 0.6) is 11.5 Å². The maximum Gasteiger partial charge on any atom is 0.132 e. The molecule has 2 aromatic carbocycles. The summed E-state index contributed by atoms with van der Waals surface area (Å²) in [6.07, 6.45) is 10.2. The van der Waals surface area contributed by atoms with Crippen LogP contribution in [0.4, 0.5) is 5.69 Å². The summed E-state index contributed by atoms with van der Waals surface area (Å²) in [6.45, 7) is 7.68. The number of nitrogens with one attached hydrogen (secondary N) is 1. The van der Waals surface area contributed by atoms with E-state index in [1.807, 2.05) is 12.1 Å². The van der Waals surface area contributed by atoms with Crippen molar-refractivity contribution in [3.63, 3.8) is 0 Å². The highest BCUT2D eigenvalue weighted by atomic mass is 16.5. The molecule has 0 aromatic heterocycles. The number of allylic oxidation sites excluding steroid dienone is 3. The molecule has 174 valence electrons. The number of benzene rings is 2. The molecule has 1 N–H and O–H groups in total. The highest BCUT2D eigenvalue weighted by molar-refractivity contribution is 5.91. The third kappa shape index (κ3) is 3.65. The molecule has 5 rings (SSSR count). The third-order valence-electron chi connectivity index (χ3n) is 7.35. The Morgan fingerprint density at radius 1 is 1.12 bits per heavy atom. The van der Waals surface area contributed by atoms with Crippen molar-refractivity contribution in [2.24, 2.45) is 5.41 Å². The Morgan fingerprint density at radius 3 is 2.64 bits per heavy atom. The lowest BCUT2D eigenvalue weighted by atomic mass is 9.66. The molecule has 2 unspecified atom stereocenters. The lowest BCUT2D eigenvalue weighted by Crippen LogP contribution is -2.43. The largest absolute Gasteiger partial charge is 0.496 e. The molecule has 0 amide bonds. The van der Waals surface area contributed by atoms with Crippen molar-refractivity contribution >= 4 is 11.3 Å². The van der Waals surface area contributed by atoms with Gasteiger partial charge in [0, 0.05) is 28.8 Å². The first-order valence-corrected chi connectivity index (χ1v) is 12.0. The summed E-state index contributed by atoms with van der Waals surface area (Å²) in [6, 6.07) is 10.7. The number of anilines is 1. The van der Waals surface area contributed by atoms with E-state index < -0.39 is 0 Å². The third-order valence-corrected chi connectivity index (χ3v) is 7.35. The van der Waals surface area contributed by atoms with Crippen LogP contribution in [0.15, 0.2) is 48.6 Å². The van der Waals surface area contributed by atoms with Crippen molar-refractivity contribution in [3.8, 4) is 22.6 Å². The van der Waals surface area contributed by atoms with Crippen molar-refractivity contribution < 1.29 is 9.47 Å². The zero-order chi connectivity index (χ0) is 23.4. The van der Waals surface area contributed by atoms with E-state index in [0.29, 0.717) is 0 Å². The van der Waals surface area contributed by atoms with Gasteiger partial charge in [0.1, 0.15) is 17.6 Å². The molecule has 0 saturated carbocycles. The zero-order valence-electron chi connectivity index (χ0n) is 20.8. The van der Waals surface area contributed by atoms with Crippen molar-refractivity contribution in [2.45, 2.75) is 51.7 Å². The van der Waals surface area contributed by atoms with Gasteiger partial charge in [-0.3, -0.25) is 0 Å². The number of methoxy groups -OCH3 is 1. The van der Waals surface area contributed by atoms with E-state index in [9.17, 15) is 0 Å². The first kappa shape index (κ1) is 22.1. The number of nitrogens with zero attached hydrogens (tertiary/aromatic N) is 1. The van der Waals surface area contributed by atoms with Crippen LogP contribution in [-0.4, -0.2) is 38.2 Å². The van der Waals surface area contributed by atoms with E-state index >= 15 is 0 Å². The minimum absolute atomic E-state index is 0.00383. The maximum absolute atomic E-state index is 7.02. The van der Waals surface area contributed by atoms with Crippen LogP contribution < -0.4 is 14.8 Å². The fourth-order valence-electron chi connectivity index (χ4n) is 6.30. The predicted octanol–water partition coefficient (Wildman–Crippen LogP) is 6.69. The lowest BCUT2D eigenvalue weighted by Gasteiger charge is -2.47. The Labute approximate surface area is 198 Å². The summed E-state index contributed by atoms with van der Waals surface area (Å²) in [4.78, 5) is 2.32. The van der Waals surface area contributed by atoms with Gasteiger partial charge in [0.05, 0.1) is 18.2 Å². The molecule has 1 aliphatic carbocycles. The Morgan fingerprint density at radius 2 is 1.94 bits per heavy atom. The summed E-state index contributed by atoms with van der Waals surface area (Å²) in [5.74, 6) is 1.79. The predicted molar refractivity (Wildman–Crippen MR) is 137 cm³/mol. The molecule has 4 heteroatoms. The zero-order valence-corrected chi connectivity index (χ0v) is 20.8. The van der Waals surface area contributed by atoms with Gasteiger partial charge >= 0.3 is 0 Å². The summed E-state index contributed by atoms with van der Waals surface area (Å²) in [5, 5.41) is 3.76. The summed E-state index contributed by atoms with van der Waals surface area (Å²) in [7, 11) is 6.10. The topological polar surface area (TPSA) is 33.7 Å². The molecule has 3 aliphatic rings. The SMILES string of the molecule is COc1cccc2c1-c1ccc3c(c1C(C1(CN(C)C)CC=CCC1)O2)C(C)=CC(C)(C)N3. The van der Waals surface area contributed by atoms with Crippen LogP contribution in [0.3, 0.4) is 0 Å². The van der Waals surface area contributed by atoms with E-state index in [1.165, 1.54) is 28.0 Å². The van der Waals surface area contributed by atoms with E-state index in [-0.39, 0.29) is 17.1 Å². The number of ether oxygens (including phenoxy) is 2. The molecule has 2 atom stereocenters. The van der Waals surface area contributed by atoms with Gasteiger partial charge in [-0.1, -0.05) is 30.4 Å². The molecule has 2 aromatic rings. The molecular formula is C29H36N2O2. The second-order valence-corrected chi connectivity index (χ2v) is 10.8. The first-order chi connectivity index (χ1) is 15.7. The fraction of sp³-hybridized carbons (Fsp3) is 0.448. The summed E-state index contributed by atoms with van der Waals surface area (Å²) >= 11 is 0. The maximum atomic E-state index is 7.02. The fourth-order valence-corrected chi connectivity index (χ4v) is 6.30. The average Bonchev–Trinajstić information content (AvgIpc) is 2.76. The Hall–Kier alpha value is -2.72. The molecule has 4 nitrogen and oxygen atoms in total. The van der Waals surface area contributed by atoms with E-state index in [1.54, 1.807) is 7.11 Å². The van der Waals surface area contributed by atoms with Crippen molar-refractivity contribution in [1.29, 1.82) is 0 Å². The normalized spacial score (nSPS) is 24.7. The second kappa shape index (κ2) is 7.95. The summed E-state index contributed by atoms with van der Waals surface area (Å²) in [5.41, 5.74) is 7.31. The van der Waals surface area contributed by atoms with Crippen molar-refractivity contribution in [2.75, 3.05) is 33.1 Å². The Bertz CT molecular complexity index is 1140. The van der Waals surface area contributed by atoms with E-state index in [2.05, 4.69) is 81.5 Å². The highest BCUT2D eigenvalue weighted by Crippen LogP contribution is 2.58. The molecule has 2 heterocycles. The number of hydrogen-bond donors (Lipinski definition) is 1. The quantitative estimate of drug-likeness (QED) is 0.533. The molecule has 0 saturated heterocycles. The summed E-state index contributed by atoms with van der Waals surface area (Å²) < 4.78 is 12.8. The lowest BCUT2D eigenvalue weighted by molar-refractivity contribution is 0.0133. The van der Waals surface area contributed by atoms with Gasteiger partial charge in [-0.25, -0.2) is 0 Å². The Kier molecular flexibility index (Phi) is 5.32.